The van der Waals surface area contributed by atoms with Crippen molar-refractivity contribution in [3.63, 3.8) is 0 Å². The molecular formula is C10H16O2Si. The zero-order valence-corrected chi connectivity index (χ0v) is 10.6. The fourth-order valence-electron chi connectivity index (χ4n) is 1.39. The van der Waals surface area contributed by atoms with E-state index >= 15 is 0 Å². The van der Waals surface area contributed by atoms with Gasteiger partial charge in [-0.3, -0.25) is 0 Å². The Labute approximate surface area is 82.3 Å². The highest BCUT2D eigenvalue weighted by atomic mass is 28.1. The highest BCUT2D eigenvalue weighted by Gasteiger charge is 2.26. The van der Waals surface area contributed by atoms with Crippen LogP contribution >= 0.6 is 0 Å². The summed E-state index contributed by atoms with van der Waals surface area (Å²) < 4.78 is 10.7. The van der Waals surface area contributed by atoms with Crippen molar-refractivity contribution < 1.29 is 9.47 Å². The van der Waals surface area contributed by atoms with Gasteiger partial charge in [0.2, 0.25) is 0 Å². The average Bonchev–Trinajstić information content (AvgIpc) is 2.17. The van der Waals surface area contributed by atoms with Crippen LogP contribution in [0, 0.1) is 0 Å². The summed E-state index contributed by atoms with van der Waals surface area (Å²) in [4.78, 5) is 0. The summed E-state index contributed by atoms with van der Waals surface area (Å²) in [5, 5.41) is 1.31. The SMILES string of the molecule is COC(C)(OC)c1ccccc1[SiH3]. The van der Waals surface area contributed by atoms with Gasteiger partial charge in [0.25, 0.3) is 0 Å². The normalized spacial score (nSPS) is 11.9. The highest BCUT2D eigenvalue weighted by Crippen LogP contribution is 2.22. The summed E-state index contributed by atoms with van der Waals surface area (Å²) in [5.41, 5.74) is 1.13. The third-order valence-electron chi connectivity index (χ3n) is 2.41. The minimum atomic E-state index is -0.599. The van der Waals surface area contributed by atoms with E-state index in [9.17, 15) is 0 Å². The molecule has 0 saturated heterocycles. The second kappa shape index (κ2) is 4.04. The Kier molecular flexibility index (Phi) is 3.25. The van der Waals surface area contributed by atoms with Gasteiger partial charge in [0.15, 0.2) is 5.79 Å². The lowest BCUT2D eigenvalue weighted by Gasteiger charge is -2.28. The first-order valence-electron chi connectivity index (χ1n) is 4.30. The zero-order chi connectivity index (χ0) is 9.90. The number of methoxy groups -OCH3 is 2. The van der Waals surface area contributed by atoms with Crippen molar-refractivity contribution in [3.05, 3.63) is 29.8 Å². The highest BCUT2D eigenvalue weighted by molar-refractivity contribution is 6.33. The molecule has 0 aliphatic heterocycles. The van der Waals surface area contributed by atoms with Crippen LogP contribution in [-0.2, 0) is 15.3 Å². The van der Waals surface area contributed by atoms with Gasteiger partial charge in [-0.2, -0.15) is 0 Å². The summed E-state index contributed by atoms with van der Waals surface area (Å²) in [6, 6.07) is 8.21. The molecule has 1 aromatic carbocycles. The van der Waals surface area contributed by atoms with Crippen molar-refractivity contribution in [2.24, 2.45) is 0 Å². The van der Waals surface area contributed by atoms with E-state index in [0.29, 0.717) is 0 Å². The quantitative estimate of drug-likeness (QED) is 0.506. The summed E-state index contributed by atoms with van der Waals surface area (Å²) in [7, 11) is 4.33. The van der Waals surface area contributed by atoms with Gasteiger partial charge in [-0.05, 0) is 6.92 Å². The molecule has 2 nitrogen and oxygen atoms in total. The van der Waals surface area contributed by atoms with E-state index in [2.05, 4.69) is 12.1 Å². The van der Waals surface area contributed by atoms with Crippen LogP contribution < -0.4 is 5.19 Å². The van der Waals surface area contributed by atoms with Crippen molar-refractivity contribution in [1.29, 1.82) is 0 Å². The van der Waals surface area contributed by atoms with Crippen LogP contribution in [0.1, 0.15) is 12.5 Å². The van der Waals surface area contributed by atoms with Gasteiger partial charge >= 0.3 is 0 Å². The molecule has 1 aromatic rings. The lowest BCUT2D eigenvalue weighted by Crippen LogP contribution is -2.32. The third kappa shape index (κ3) is 1.99. The Bertz CT molecular complexity index is 282. The van der Waals surface area contributed by atoms with Crippen LogP contribution in [0.3, 0.4) is 0 Å². The standard InChI is InChI=1S/C10H16O2Si/c1-10(11-2,12-3)8-6-4-5-7-9(8)13/h4-7H,1-3,13H3. The van der Waals surface area contributed by atoms with Crippen LogP contribution in [0.25, 0.3) is 0 Å². The first-order valence-corrected chi connectivity index (χ1v) is 5.30. The zero-order valence-electron chi connectivity index (χ0n) is 8.63. The van der Waals surface area contributed by atoms with E-state index in [4.69, 9.17) is 9.47 Å². The molecule has 0 bridgehead atoms. The van der Waals surface area contributed by atoms with Crippen LogP contribution in [0.2, 0.25) is 0 Å². The smallest absolute Gasteiger partial charge is 0.191 e. The van der Waals surface area contributed by atoms with E-state index in [-0.39, 0.29) is 0 Å². The fourth-order valence-corrected chi connectivity index (χ4v) is 2.20. The maximum absolute atomic E-state index is 5.35. The lowest BCUT2D eigenvalue weighted by molar-refractivity contribution is -0.201. The predicted octanol–water partition coefficient (Wildman–Crippen LogP) is 0.143. The topological polar surface area (TPSA) is 18.5 Å². The molecule has 0 radical (unpaired) electrons. The molecule has 0 amide bonds. The van der Waals surface area contributed by atoms with Gasteiger partial charge in [0, 0.05) is 30.0 Å². The molecule has 0 N–H and O–H groups in total. The summed E-state index contributed by atoms with van der Waals surface area (Å²) >= 11 is 0. The molecule has 72 valence electrons. The number of hydrogen-bond acceptors (Lipinski definition) is 2. The fraction of sp³-hybridized carbons (Fsp3) is 0.400. The molecule has 0 heterocycles. The minimum Gasteiger partial charge on any atom is -0.349 e. The van der Waals surface area contributed by atoms with Gasteiger partial charge < -0.3 is 9.47 Å². The lowest BCUT2D eigenvalue weighted by atomic mass is 10.1. The summed E-state index contributed by atoms with van der Waals surface area (Å²) in [6.07, 6.45) is 0. The van der Waals surface area contributed by atoms with Gasteiger partial charge in [0.1, 0.15) is 0 Å². The van der Waals surface area contributed by atoms with Crippen LogP contribution in [-0.4, -0.2) is 24.5 Å². The van der Waals surface area contributed by atoms with Crippen molar-refractivity contribution in [1.82, 2.24) is 0 Å². The van der Waals surface area contributed by atoms with E-state index in [1.165, 1.54) is 5.19 Å². The molecule has 3 heteroatoms. The van der Waals surface area contributed by atoms with E-state index in [1.807, 2.05) is 19.1 Å². The van der Waals surface area contributed by atoms with Crippen LogP contribution in [0.15, 0.2) is 24.3 Å². The van der Waals surface area contributed by atoms with E-state index in [1.54, 1.807) is 14.2 Å². The monoisotopic (exact) mass is 196 g/mol. The Morgan fingerprint density at radius 2 is 1.69 bits per heavy atom. The van der Waals surface area contributed by atoms with Gasteiger partial charge in [-0.15, -0.1) is 0 Å². The third-order valence-corrected chi connectivity index (χ3v) is 3.29. The number of hydrogen-bond donors (Lipinski definition) is 0. The van der Waals surface area contributed by atoms with Crippen LogP contribution in [0.5, 0.6) is 0 Å². The average molecular weight is 196 g/mol. The molecule has 0 saturated carbocycles. The number of ether oxygens (including phenoxy) is 2. The van der Waals surface area contributed by atoms with Gasteiger partial charge in [-0.1, -0.05) is 29.5 Å². The maximum Gasteiger partial charge on any atom is 0.191 e. The molecule has 0 atom stereocenters. The largest absolute Gasteiger partial charge is 0.349 e. The van der Waals surface area contributed by atoms with Crippen molar-refractivity contribution in [3.8, 4) is 0 Å². The molecule has 0 unspecified atom stereocenters. The van der Waals surface area contributed by atoms with Crippen molar-refractivity contribution in [2.75, 3.05) is 14.2 Å². The molecule has 13 heavy (non-hydrogen) atoms. The first kappa shape index (κ1) is 10.4. The van der Waals surface area contributed by atoms with Gasteiger partial charge in [0.05, 0.1) is 0 Å². The van der Waals surface area contributed by atoms with Gasteiger partial charge in [-0.25, -0.2) is 0 Å². The van der Waals surface area contributed by atoms with E-state index in [0.717, 1.165) is 15.8 Å². The van der Waals surface area contributed by atoms with E-state index < -0.39 is 5.79 Å². The first-order chi connectivity index (χ1) is 6.14. The van der Waals surface area contributed by atoms with Crippen molar-refractivity contribution >= 4 is 15.4 Å². The summed E-state index contributed by atoms with van der Waals surface area (Å²) in [6.45, 7) is 1.93. The Morgan fingerprint density at radius 3 is 2.15 bits per heavy atom. The maximum atomic E-state index is 5.35. The molecule has 1 rings (SSSR count). The van der Waals surface area contributed by atoms with Crippen LogP contribution in [0.4, 0.5) is 0 Å². The van der Waals surface area contributed by atoms with Crippen molar-refractivity contribution in [2.45, 2.75) is 12.7 Å². The molecule has 0 spiro atoms. The Morgan fingerprint density at radius 1 is 1.15 bits per heavy atom. The second-order valence-electron chi connectivity index (χ2n) is 3.17. The molecule has 0 aliphatic carbocycles. The second-order valence-corrected chi connectivity index (χ2v) is 4.25. The number of benzene rings is 1. The Balaban J connectivity index is 3.12. The predicted molar refractivity (Wildman–Crippen MR) is 57.4 cm³/mol. The molecule has 0 fully saturated rings. The Hall–Kier alpha value is -0.643. The number of rotatable bonds is 3. The molecule has 0 aliphatic rings. The molecular weight excluding hydrogens is 180 g/mol. The minimum absolute atomic E-state index is 0.599. The summed E-state index contributed by atoms with van der Waals surface area (Å²) in [5.74, 6) is -0.599. The molecule has 0 aromatic heterocycles.